The van der Waals surface area contributed by atoms with Gasteiger partial charge >= 0.3 is 5.97 Å². The highest BCUT2D eigenvalue weighted by Gasteiger charge is 2.18. The van der Waals surface area contributed by atoms with Crippen molar-refractivity contribution >= 4 is 21.9 Å². The van der Waals surface area contributed by atoms with Crippen LogP contribution in [0.5, 0.6) is 5.75 Å². The molecule has 1 atom stereocenters. The summed E-state index contributed by atoms with van der Waals surface area (Å²) in [6, 6.07) is 1.23. The smallest absolute Gasteiger partial charge is 0.320 e. The van der Waals surface area contributed by atoms with Crippen LogP contribution in [0.15, 0.2) is 16.6 Å². The van der Waals surface area contributed by atoms with Gasteiger partial charge in [0.1, 0.15) is 17.6 Å². The van der Waals surface area contributed by atoms with Crippen LogP contribution in [0.3, 0.4) is 0 Å². The van der Waals surface area contributed by atoms with Crippen LogP contribution >= 0.6 is 15.9 Å². The number of carboxylic acids is 1. The first-order valence-electron chi connectivity index (χ1n) is 4.07. The van der Waals surface area contributed by atoms with Crippen molar-refractivity contribution in [2.75, 3.05) is 0 Å². The van der Waals surface area contributed by atoms with Gasteiger partial charge in [0.2, 0.25) is 0 Å². The number of hydrogen-bond acceptors (Lipinski definition) is 3. The standard InChI is InChI=1S/C9H9BrFNO3/c10-5-1-2-6(11)4(8(5)13)3-7(12)9(14)15/h1-2,7,13H,3,12H2,(H,14,15). The van der Waals surface area contributed by atoms with Gasteiger partial charge in [0, 0.05) is 12.0 Å². The highest BCUT2D eigenvalue weighted by molar-refractivity contribution is 9.10. The molecule has 0 aliphatic rings. The van der Waals surface area contributed by atoms with Crippen LogP contribution in [0.25, 0.3) is 0 Å². The number of aliphatic carboxylic acids is 1. The van der Waals surface area contributed by atoms with E-state index in [-0.39, 0.29) is 17.7 Å². The molecule has 1 aromatic carbocycles. The predicted molar refractivity (Wildman–Crippen MR) is 55.1 cm³/mol. The normalized spacial score (nSPS) is 12.5. The van der Waals surface area contributed by atoms with Crippen LogP contribution in [0, 0.1) is 5.82 Å². The molecule has 82 valence electrons. The molecule has 0 aromatic heterocycles. The molecule has 0 fully saturated rings. The number of nitrogens with two attached hydrogens (primary N) is 1. The molecule has 0 saturated carbocycles. The minimum atomic E-state index is -1.24. The van der Waals surface area contributed by atoms with Crippen molar-refractivity contribution in [1.29, 1.82) is 0 Å². The topological polar surface area (TPSA) is 83.5 Å². The molecule has 0 radical (unpaired) electrons. The van der Waals surface area contributed by atoms with Crippen molar-refractivity contribution in [3.8, 4) is 5.75 Å². The maximum atomic E-state index is 13.2. The highest BCUT2D eigenvalue weighted by atomic mass is 79.9. The molecule has 15 heavy (non-hydrogen) atoms. The number of carbonyl (C=O) groups is 1. The summed E-state index contributed by atoms with van der Waals surface area (Å²) in [5.41, 5.74) is 5.15. The lowest BCUT2D eigenvalue weighted by Crippen LogP contribution is -2.32. The molecule has 0 saturated heterocycles. The van der Waals surface area contributed by atoms with E-state index in [1.165, 1.54) is 6.07 Å². The largest absolute Gasteiger partial charge is 0.506 e. The minimum Gasteiger partial charge on any atom is -0.506 e. The Morgan fingerprint density at radius 3 is 2.73 bits per heavy atom. The lowest BCUT2D eigenvalue weighted by molar-refractivity contribution is -0.138. The van der Waals surface area contributed by atoms with Crippen molar-refractivity contribution in [2.45, 2.75) is 12.5 Å². The van der Waals surface area contributed by atoms with Gasteiger partial charge in [-0.15, -0.1) is 0 Å². The highest BCUT2D eigenvalue weighted by Crippen LogP contribution is 2.30. The molecule has 6 heteroatoms. The van der Waals surface area contributed by atoms with Crippen LogP contribution < -0.4 is 5.73 Å². The van der Waals surface area contributed by atoms with Crippen molar-refractivity contribution in [3.63, 3.8) is 0 Å². The van der Waals surface area contributed by atoms with Crippen LogP contribution in [-0.2, 0) is 11.2 Å². The molecule has 0 spiro atoms. The van der Waals surface area contributed by atoms with Gasteiger partial charge in [0.05, 0.1) is 4.47 Å². The van der Waals surface area contributed by atoms with Gasteiger partial charge in [-0.05, 0) is 28.1 Å². The first-order chi connectivity index (χ1) is 6.93. The number of rotatable bonds is 3. The molecular weight excluding hydrogens is 269 g/mol. The number of phenols is 1. The van der Waals surface area contributed by atoms with Gasteiger partial charge in [-0.3, -0.25) is 4.79 Å². The Kier molecular flexibility index (Phi) is 3.65. The molecule has 0 aliphatic carbocycles. The number of phenolic OH excluding ortho intramolecular Hbond substituents is 1. The Morgan fingerprint density at radius 1 is 1.60 bits per heavy atom. The van der Waals surface area contributed by atoms with E-state index in [1.807, 2.05) is 0 Å². The van der Waals surface area contributed by atoms with Crippen LogP contribution in [0.4, 0.5) is 4.39 Å². The van der Waals surface area contributed by atoms with E-state index in [0.717, 1.165) is 6.07 Å². The molecule has 1 aromatic rings. The Labute approximate surface area is 93.6 Å². The van der Waals surface area contributed by atoms with E-state index in [2.05, 4.69) is 15.9 Å². The number of carboxylic acid groups (broad SMARTS) is 1. The Bertz CT molecular complexity index is 397. The average molecular weight is 278 g/mol. The van der Waals surface area contributed by atoms with Gasteiger partial charge in [-0.25, -0.2) is 4.39 Å². The van der Waals surface area contributed by atoms with Gasteiger partial charge in [-0.2, -0.15) is 0 Å². The van der Waals surface area contributed by atoms with Gasteiger partial charge in [0.25, 0.3) is 0 Å². The summed E-state index contributed by atoms with van der Waals surface area (Å²) in [4.78, 5) is 10.5. The molecule has 4 nitrogen and oxygen atoms in total. The quantitative estimate of drug-likeness (QED) is 0.777. The summed E-state index contributed by atoms with van der Waals surface area (Å²) in [7, 11) is 0. The Hall–Kier alpha value is -1.14. The fourth-order valence-corrected chi connectivity index (χ4v) is 1.46. The fourth-order valence-electron chi connectivity index (χ4n) is 1.08. The second-order valence-electron chi connectivity index (χ2n) is 3.01. The monoisotopic (exact) mass is 277 g/mol. The molecule has 0 amide bonds. The number of benzene rings is 1. The van der Waals surface area contributed by atoms with E-state index in [9.17, 15) is 14.3 Å². The summed E-state index contributed by atoms with van der Waals surface area (Å²) in [5.74, 6) is -2.23. The van der Waals surface area contributed by atoms with Crippen molar-refractivity contribution < 1.29 is 19.4 Å². The molecule has 4 N–H and O–H groups in total. The summed E-state index contributed by atoms with van der Waals surface area (Å²) in [5, 5.41) is 18.0. The summed E-state index contributed by atoms with van der Waals surface area (Å²) < 4.78 is 13.5. The predicted octanol–water partition coefficient (Wildman–Crippen LogP) is 1.25. The summed E-state index contributed by atoms with van der Waals surface area (Å²) in [6.45, 7) is 0. The number of aromatic hydroxyl groups is 1. The lowest BCUT2D eigenvalue weighted by Gasteiger charge is -2.10. The molecule has 0 bridgehead atoms. The maximum absolute atomic E-state index is 13.2. The zero-order valence-electron chi connectivity index (χ0n) is 7.58. The first kappa shape index (κ1) is 11.9. The SMILES string of the molecule is NC(Cc1c(F)ccc(Br)c1O)C(=O)O. The third-order valence-corrected chi connectivity index (χ3v) is 2.56. The van der Waals surface area contributed by atoms with Gasteiger partial charge < -0.3 is 15.9 Å². The van der Waals surface area contributed by atoms with Crippen LogP contribution in [0.2, 0.25) is 0 Å². The van der Waals surface area contributed by atoms with Crippen molar-refractivity contribution in [3.05, 3.63) is 28.0 Å². The summed E-state index contributed by atoms with van der Waals surface area (Å²) in [6.07, 6.45) is -0.258. The zero-order valence-corrected chi connectivity index (χ0v) is 9.16. The molecule has 1 rings (SSSR count). The van der Waals surface area contributed by atoms with E-state index in [0.29, 0.717) is 4.47 Å². The molecule has 0 aliphatic heterocycles. The number of hydrogen-bond donors (Lipinski definition) is 3. The van der Waals surface area contributed by atoms with Crippen LogP contribution in [0.1, 0.15) is 5.56 Å². The van der Waals surface area contributed by atoms with E-state index in [4.69, 9.17) is 10.8 Å². The fraction of sp³-hybridized carbons (Fsp3) is 0.222. The third kappa shape index (κ3) is 2.66. The first-order valence-corrected chi connectivity index (χ1v) is 4.87. The van der Waals surface area contributed by atoms with E-state index in [1.54, 1.807) is 0 Å². The molecule has 1 unspecified atom stereocenters. The van der Waals surface area contributed by atoms with Crippen LogP contribution in [-0.4, -0.2) is 22.2 Å². The average Bonchev–Trinajstić information content (AvgIpc) is 2.18. The van der Waals surface area contributed by atoms with Gasteiger partial charge in [0.15, 0.2) is 0 Å². The Balaban J connectivity index is 3.03. The third-order valence-electron chi connectivity index (χ3n) is 1.92. The van der Waals surface area contributed by atoms with E-state index < -0.39 is 17.8 Å². The molecule has 0 heterocycles. The molecular formula is C9H9BrFNO3. The van der Waals surface area contributed by atoms with Crippen molar-refractivity contribution in [1.82, 2.24) is 0 Å². The second kappa shape index (κ2) is 4.59. The lowest BCUT2D eigenvalue weighted by atomic mass is 10.1. The second-order valence-corrected chi connectivity index (χ2v) is 3.86. The Morgan fingerprint density at radius 2 is 2.20 bits per heavy atom. The minimum absolute atomic E-state index is 0.0979. The van der Waals surface area contributed by atoms with Gasteiger partial charge in [-0.1, -0.05) is 0 Å². The summed E-state index contributed by atoms with van der Waals surface area (Å²) >= 11 is 3.00. The number of halogens is 2. The zero-order chi connectivity index (χ0) is 11.6. The van der Waals surface area contributed by atoms with E-state index >= 15 is 0 Å². The maximum Gasteiger partial charge on any atom is 0.320 e. The van der Waals surface area contributed by atoms with Crippen molar-refractivity contribution in [2.24, 2.45) is 5.73 Å².